The minimum atomic E-state index is -0.917. The molecule has 8 heavy (non-hydrogen) atoms. The summed E-state index contributed by atoms with van der Waals surface area (Å²) in [6, 6.07) is 0. The summed E-state index contributed by atoms with van der Waals surface area (Å²) in [5, 5.41) is 0. The molecule has 0 amide bonds. The molecule has 0 saturated carbocycles. The summed E-state index contributed by atoms with van der Waals surface area (Å²) in [4.78, 5) is 3.69. The van der Waals surface area contributed by atoms with E-state index in [0.717, 1.165) is 0 Å². The second kappa shape index (κ2) is 2.42. The molecular formula is C4H7FeN3. The molecule has 1 heterocycles. The standard InChI is InChI=1S/C4H7N3.Fe/c5-4(6)2-1-3-7-4;/h1-3H,5-6H2;. The minimum absolute atomic E-state index is 0. The summed E-state index contributed by atoms with van der Waals surface area (Å²) in [6.45, 7) is 0. The molecule has 4 heteroatoms. The van der Waals surface area contributed by atoms with Gasteiger partial charge in [-0.2, -0.15) is 0 Å². The molecule has 46 valence electrons. The zero-order valence-electron chi connectivity index (χ0n) is 4.19. The van der Waals surface area contributed by atoms with Crippen molar-refractivity contribution in [1.82, 2.24) is 0 Å². The van der Waals surface area contributed by atoms with Crippen LogP contribution in [0.4, 0.5) is 0 Å². The Labute approximate surface area is 58.3 Å². The first-order valence-electron chi connectivity index (χ1n) is 2.01. The Hall–Kier alpha value is -0.151. The van der Waals surface area contributed by atoms with Gasteiger partial charge in [0.2, 0.25) is 0 Å². The number of hydrogen-bond acceptors (Lipinski definition) is 3. The summed E-state index contributed by atoms with van der Waals surface area (Å²) in [7, 11) is 0. The van der Waals surface area contributed by atoms with E-state index in [0.29, 0.717) is 0 Å². The molecule has 0 aromatic rings. The molecule has 0 aliphatic carbocycles. The van der Waals surface area contributed by atoms with E-state index in [1.807, 2.05) is 0 Å². The Balaban J connectivity index is 0.000000490. The molecule has 0 saturated heterocycles. The minimum Gasteiger partial charge on any atom is -0.291 e. The second-order valence-corrected chi connectivity index (χ2v) is 1.52. The number of nitrogens with zero attached hydrogens (tertiary/aromatic N) is 1. The van der Waals surface area contributed by atoms with Crippen LogP contribution in [0.1, 0.15) is 0 Å². The van der Waals surface area contributed by atoms with Crippen LogP contribution in [0.2, 0.25) is 0 Å². The molecule has 4 N–H and O–H groups in total. The van der Waals surface area contributed by atoms with E-state index >= 15 is 0 Å². The van der Waals surface area contributed by atoms with Gasteiger partial charge >= 0.3 is 0 Å². The first-order chi connectivity index (χ1) is 3.21. The Bertz CT molecular complexity index is 113. The summed E-state index contributed by atoms with van der Waals surface area (Å²) < 4.78 is 0. The largest absolute Gasteiger partial charge is 0.291 e. The van der Waals surface area contributed by atoms with Crippen molar-refractivity contribution >= 4 is 6.21 Å². The van der Waals surface area contributed by atoms with Crippen molar-refractivity contribution in [3.8, 4) is 0 Å². The van der Waals surface area contributed by atoms with E-state index in [1.54, 1.807) is 18.4 Å². The van der Waals surface area contributed by atoms with Gasteiger partial charge in [0, 0.05) is 23.3 Å². The molecule has 0 atom stereocenters. The van der Waals surface area contributed by atoms with Gasteiger partial charge in [-0.3, -0.25) is 16.5 Å². The molecular weight excluding hydrogens is 146 g/mol. The third-order valence-corrected chi connectivity index (χ3v) is 0.747. The smallest absolute Gasteiger partial charge is 0.179 e. The van der Waals surface area contributed by atoms with Crippen LogP contribution < -0.4 is 11.5 Å². The van der Waals surface area contributed by atoms with Gasteiger partial charge in [0.05, 0.1) is 0 Å². The zero-order chi connectivity index (χ0) is 5.33. The molecule has 0 spiro atoms. The van der Waals surface area contributed by atoms with Gasteiger partial charge in [0.25, 0.3) is 0 Å². The maximum absolute atomic E-state index is 5.27. The quantitative estimate of drug-likeness (QED) is 0.353. The summed E-state index contributed by atoms with van der Waals surface area (Å²) in [5.74, 6) is -0.917. The van der Waals surface area contributed by atoms with E-state index in [-0.39, 0.29) is 17.1 Å². The topological polar surface area (TPSA) is 64.4 Å². The van der Waals surface area contributed by atoms with Gasteiger partial charge < -0.3 is 0 Å². The monoisotopic (exact) mass is 153 g/mol. The summed E-state index contributed by atoms with van der Waals surface area (Å²) >= 11 is 0. The first kappa shape index (κ1) is 7.85. The maximum atomic E-state index is 5.27. The second-order valence-electron chi connectivity index (χ2n) is 1.52. The fraction of sp³-hybridized carbons (Fsp3) is 0.250. The van der Waals surface area contributed by atoms with Crippen molar-refractivity contribution in [3.63, 3.8) is 0 Å². The van der Waals surface area contributed by atoms with E-state index in [4.69, 9.17) is 11.5 Å². The van der Waals surface area contributed by atoms with E-state index in [9.17, 15) is 0 Å². The van der Waals surface area contributed by atoms with Crippen LogP contribution in [0.3, 0.4) is 0 Å². The fourth-order valence-corrected chi connectivity index (χ4v) is 0.412. The molecule has 0 fully saturated rings. The van der Waals surface area contributed by atoms with Crippen molar-refractivity contribution in [2.75, 3.05) is 0 Å². The first-order valence-corrected chi connectivity index (χ1v) is 2.01. The molecule has 0 radical (unpaired) electrons. The maximum Gasteiger partial charge on any atom is 0.179 e. The SMILES string of the molecule is NC1(N)C=CC=N1.[Fe]. The van der Waals surface area contributed by atoms with Crippen molar-refractivity contribution < 1.29 is 17.1 Å². The average molecular weight is 153 g/mol. The third kappa shape index (κ3) is 1.76. The van der Waals surface area contributed by atoms with Gasteiger partial charge in [0.15, 0.2) is 5.79 Å². The van der Waals surface area contributed by atoms with Gasteiger partial charge in [-0.15, -0.1) is 0 Å². The number of rotatable bonds is 0. The van der Waals surface area contributed by atoms with Crippen molar-refractivity contribution in [1.29, 1.82) is 0 Å². The van der Waals surface area contributed by atoms with E-state index < -0.39 is 5.79 Å². The van der Waals surface area contributed by atoms with Crippen LogP contribution in [0, 0.1) is 0 Å². The van der Waals surface area contributed by atoms with Gasteiger partial charge in [-0.25, -0.2) is 0 Å². The van der Waals surface area contributed by atoms with Crippen LogP contribution in [-0.2, 0) is 17.1 Å². The number of allylic oxidation sites excluding steroid dienone is 1. The molecule has 0 unspecified atom stereocenters. The van der Waals surface area contributed by atoms with Crippen molar-refractivity contribution in [3.05, 3.63) is 12.2 Å². The van der Waals surface area contributed by atoms with E-state index in [1.165, 1.54) is 0 Å². The number of hydrogen-bond donors (Lipinski definition) is 2. The van der Waals surface area contributed by atoms with Crippen molar-refractivity contribution in [2.24, 2.45) is 16.5 Å². The summed E-state index contributed by atoms with van der Waals surface area (Å²) in [5.41, 5.74) is 10.5. The predicted molar refractivity (Wildman–Crippen MR) is 28.7 cm³/mol. The van der Waals surface area contributed by atoms with Crippen LogP contribution in [0.15, 0.2) is 17.1 Å². The van der Waals surface area contributed by atoms with Crippen LogP contribution in [0.25, 0.3) is 0 Å². The molecule has 0 bridgehead atoms. The molecule has 3 nitrogen and oxygen atoms in total. The number of nitrogens with two attached hydrogens (primary N) is 2. The molecule has 1 rings (SSSR count). The summed E-state index contributed by atoms with van der Waals surface area (Å²) in [6.07, 6.45) is 4.94. The third-order valence-electron chi connectivity index (χ3n) is 0.747. The Morgan fingerprint density at radius 1 is 1.38 bits per heavy atom. The molecule has 0 aromatic carbocycles. The van der Waals surface area contributed by atoms with Crippen LogP contribution >= 0.6 is 0 Å². The molecule has 0 aromatic heterocycles. The normalized spacial score (nSPS) is 20.8. The van der Waals surface area contributed by atoms with Crippen molar-refractivity contribution in [2.45, 2.75) is 5.79 Å². The van der Waals surface area contributed by atoms with Gasteiger partial charge in [-0.05, 0) is 12.2 Å². The Morgan fingerprint density at radius 3 is 2.12 bits per heavy atom. The molecule has 1 aliphatic rings. The number of aliphatic imine (C=N–C) groups is 1. The van der Waals surface area contributed by atoms with Gasteiger partial charge in [0.1, 0.15) is 0 Å². The predicted octanol–water partition coefficient (Wildman–Crippen LogP) is -0.804. The Kier molecular flexibility index (Phi) is 2.37. The van der Waals surface area contributed by atoms with E-state index in [2.05, 4.69) is 4.99 Å². The van der Waals surface area contributed by atoms with Crippen LogP contribution in [0.5, 0.6) is 0 Å². The van der Waals surface area contributed by atoms with Gasteiger partial charge in [-0.1, -0.05) is 0 Å². The Morgan fingerprint density at radius 2 is 2.00 bits per heavy atom. The fourth-order valence-electron chi connectivity index (χ4n) is 0.412. The van der Waals surface area contributed by atoms with Crippen LogP contribution in [-0.4, -0.2) is 12.0 Å². The zero-order valence-corrected chi connectivity index (χ0v) is 5.29. The average Bonchev–Trinajstić information content (AvgIpc) is 1.84. The molecule has 1 aliphatic heterocycles.